The number of nitro groups is 3. The Kier molecular flexibility index (Phi) is 17.3. The van der Waals surface area contributed by atoms with Crippen molar-refractivity contribution in [2.24, 2.45) is 0 Å². The quantitative estimate of drug-likeness (QED) is 0.134. The van der Waals surface area contributed by atoms with Crippen LogP contribution in [0.3, 0.4) is 0 Å². The van der Waals surface area contributed by atoms with E-state index < -0.39 is 26.5 Å². The second-order valence-electron chi connectivity index (χ2n) is 6.73. The molecule has 0 saturated heterocycles. The van der Waals surface area contributed by atoms with Crippen LogP contribution in [0.1, 0.15) is 96.8 Å². The molecule has 0 saturated carbocycles. The summed E-state index contributed by atoms with van der Waals surface area (Å²) in [5.41, 5.74) is 0. The van der Waals surface area contributed by atoms with Crippen LogP contribution in [0, 0.1) is 30.3 Å². The van der Waals surface area contributed by atoms with Crippen LogP contribution in [-0.4, -0.2) is 26.5 Å². The summed E-state index contributed by atoms with van der Waals surface area (Å²) in [6.07, 6.45) is 14.8. The van der Waals surface area contributed by atoms with Crippen LogP contribution >= 0.6 is 0 Å². The van der Waals surface area contributed by atoms with Gasteiger partial charge in [-0.3, -0.25) is 0 Å². The number of hydrogen-bond donors (Lipinski definition) is 0. The van der Waals surface area contributed by atoms with Gasteiger partial charge in [-0.25, -0.2) is 0 Å². The lowest BCUT2D eigenvalue weighted by atomic mass is 10.0. The molecule has 0 aromatic heterocycles. The predicted octanol–water partition coefficient (Wildman–Crippen LogP) is 1.86. The monoisotopic (exact) mass is 456 g/mol. The fourth-order valence-corrected chi connectivity index (χ4v) is 2.94. The minimum Gasteiger partial charge on any atom is -1.00 e. The Hall–Kier alpha value is -1.36. The second kappa shape index (κ2) is 16.8. The van der Waals surface area contributed by atoms with Crippen molar-refractivity contribution in [2.45, 2.75) is 96.8 Å². The van der Waals surface area contributed by atoms with Crippen molar-refractivity contribution < 1.29 is 36.9 Å². The summed E-state index contributed by atoms with van der Waals surface area (Å²) in [5.74, 6) is 0. The first kappa shape index (κ1) is 27.9. The molecule has 0 aromatic rings. The van der Waals surface area contributed by atoms with Gasteiger partial charge in [0.05, 0.1) is 0 Å². The van der Waals surface area contributed by atoms with Crippen molar-refractivity contribution in [1.82, 2.24) is 0 Å². The van der Waals surface area contributed by atoms with Gasteiger partial charge in [0, 0.05) is 6.42 Å². The molecule has 0 aliphatic rings. The Balaban J connectivity index is 0. The maximum Gasteiger partial charge on any atom is 0.462 e. The largest absolute Gasteiger partial charge is 1.00 e. The summed E-state index contributed by atoms with van der Waals surface area (Å²) in [6.45, 7) is 1.48. The Morgan fingerprint density at radius 2 is 0.815 bits per heavy atom. The van der Waals surface area contributed by atoms with Crippen LogP contribution in [0.5, 0.6) is 0 Å². The zero-order valence-electron chi connectivity index (χ0n) is 16.2. The average molecular weight is 457 g/mol. The van der Waals surface area contributed by atoms with Gasteiger partial charge in [0.25, 0.3) is 6.54 Å². The lowest BCUT2D eigenvalue weighted by Crippen LogP contribution is -3.00. The number of halogens is 1. The van der Waals surface area contributed by atoms with Crippen LogP contribution in [-0.2, 0) is 0 Å². The first-order chi connectivity index (χ1) is 12.4. The van der Waals surface area contributed by atoms with Crippen molar-refractivity contribution >= 4 is 0 Å². The van der Waals surface area contributed by atoms with Gasteiger partial charge in [0.15, 0.2) is 0 Å². The Morgan fingerprint density at radius 3 is 1.07 bits per heavy atom. The van der Waals surface area contributed by atoms with E-state index in [2.05, 4.69) is 6.92 Å². The van der Waals surface area contributed by atoms with Gasteiger partial charge in [-0.15, -0.1) is 0 Å². The zero-order valence-corrected chi connectivity index (χ0v) is 17.8. The number of unbranched alkanes of at least 4 members (excludes halogenated alkanes) is 13. The number of rotatable bonds is 18. The average Bonchev–Trinajstić information content (AvgIpc) is 2.57. The van der Waals surface area contributed by atoms with E-state index >= 15 is 0 Å². The molecule has 0 aromatic carbocycles. The van der Waals surface area contributed by atoms with Crippen molar-refractivity contribution in [2.75, 3.05) is 6.54 Å². The lowest BCUT2D eigenvalue weighted by molar-refractivity contribution is -1.74. The normalized spacial score (nSPS) is 11.0. The number of quaternary nitrogens is 1. The number of nitrogens with zero attached hydrogens (tertiary/aromatic N) is 4. The molecular formula is C16H33BrN4O6. The van der Waals surface area contributed by atoms with Crippen LogP contribution in [0.15, 0.2) is 0 Å². The summed E-state index contributed by atoms with van der Waals surface area (Å²) in [7, 11) is 0. The molecule has 0 aliphatic heterocycles. The molecule has 0 spiro atoms. The lowest BCUT2D eigenvalue weighted by Gasteiger charge is -2.06. The molecule has 27 heavy (non-hydrogen) atoms. The third kappa shape index (κ3) is 11.2. The third-order valence-corrected chi connectivity index (χ3v) is 4.60. The minimum absolute atomic E-state index is 0. The molecule has 0 unspecified atom stereocenters. The van der Waals surface area contributed by atoms with Crippen molar-refractivity contribution in [3.8, 4) is 0 Å². The molecule has 160 valence electrons. The van der Waals surface area contributed by atoms with Gasteiger partial charge >= 0.3 is 19.9 Å². The molecule has 11 heteroatoms. The van der Waals surface area contributed by atoms with Gasteiger partial charge in [-0.05, 0) is 6.42 Å². The van der Waals surface area contributed by atoms with Crippen molar-refractivity contribution in [3.63, 3.8) is 0 Å². The SMILES string of the molecule is CCCCCCCCCCCCCCCC[N+]([N+](=O)[O-])([N+](=O)[O-])[N+](=O)[O-].[Br-]. The Bertz CT molecular complexity index is 403. The first-order valence-electron chi connectivity index (χ1n) is 9.72. The van der Waals surface area contributed by atoms with E-state index in [0.29, 0.717) is 6.42 Å². The van der Waals surface area contributed by atoms with E-state index in [-0.39, 0.29) is 23.4 Å². The Morgan fingerprint density at radius 1 is 0.556 bits per heavy atom. The minimum atomic E-state index is -2.54. The zero-order chi connectivity index (χ0) is 19.8. The predicted molar refractivity (Wildman–Crippen MR) is 96.4 cm³/mol. The molecule has 0 bridgehead atoms. The molecule has 0 amide bonds. The highest BCUT2D eigenvalue weighted by atomic mass is 79.9. The highest BCUT2D eigenvalue weighted by molar-refractivity contribution is 4.49. The van der Waals surface area contributed by atoms with Gasteiger partial charge in [0.2, 0.25) is 0 Å². The molecule has 0 fully saturated rings. The summed E-state index contributed by atoms with van der Waals surface area (Å²) < 4.78 is 0. The van der Waals surface area contributed by atoms with Crippen LogP contribution in [0.2, 0.25) is 0 Å². The topological polar surface area (TPSA) is 129 Å². The first-order valence-corrected chi connectivity index (χ1v) is 9.72. The van der Waals surface area contributed by atoms with Crippen molar-refractivity contribution in [3.05, 3.63) is 30.3 Å². The second-order valence-corrected chi connectivity index (χ2v) is 6.73. The fourth-order valence-electron chi connectivity index (χ4n) is 2.94. The smallest absolute Gasteiger partial charge is 0.462 e. The third-order valence-electron chi connectivity index (χ3n) is 4.60. The van der Waals surface area contributed by atoms with Gasteiger partial charge in [0.1, 0.15) is 0 Å². The molecule has 0 radical (unpaired) electrons. The molecular weight excluding hydrogens is 424 g/mol. The van der Waals surface area contributed by atoms with Gasteiger partial charge in [-0.1, -0.05) is 84.0 Å². The highest BCUT2D eigenvalue weighted by Gasteiger charge is 2.68. The maximum absolute atomic E-state index is 10.8. The molecule has 0 heterocycles. The van der Waals surface area contributed by atoms with Crippen molar-refractivity contribution in [1.29, 1.82) is 0 Å². The van der Waals surface area contributed by atoms with E-state index in [9.17, 15) is 30.3 Å². The van der Waals surface area contributed by atoms with E-state index in [1.54, 1.807) is 0 Å². The molecule has 0 N–H and O–H groups in total. The van der Waals surface area contributed by atoms with E-state index in [4.69, 9.17) is 0 Å². The van der Waals surface area contributed by atoms with Crippen LogP contribution in [0.25, 0.3) is 0 Å². The van der Waals surface area contributed by atoms with E-state index in [1.165, 1.54) is 51.4 Å². The van der Waals surface area contributed by atoms with Gasteiger partial charge < -0.3 is 17.0 Å². The van der Waals surface area contributed by atoms with E-state index in [0.717, 1.165) is 25.7 Å². The highest BCUT2D eigenvalue weighted by Crippen LogP contribution is 2.15. The Labute approximate surface area is 171 Å². The summed E-state index contributed by atoms with van der Waals surface area (Å²) in [5, 5.41) is 27.9. The summed E-state index contributed by atoms with van der Waals surface area (Å²) in [4.78, 5) is 29.7. The number of hydrogen-bond acceptors (Lipinski definition) is 6. The fraction of sp³-hybridized carbons (Fsp3) is 1.00. The van der Waals surface area contributed by atoms with Gasteiger partial charge in [-0.2, -0.15) is 30.3 Å². The van der Waals surface area contributed by atoms with Crippen LogP contribution in [0.4, 0.5) is 0 Å². The van der Waals surface area contributed by atoms with Crippen LogP contribution < -0.4 is 17.0 Å². The maximum atomic E-state index is 10.8. The van der Waals surface area contributed by atoms with E-state index in [1.807, 2.05) is 0 Å². The molecule has 0 rings (SSSR count). The standard InChI is InChI=1S/C16H33N4O6.BrH/c1-2-3-4-5-6-7-8-9-10-11-12-13-14-15-16-20(17(21)22,18(23)24)19(25)26;/h2-16H2,1H3;1H/q+1;/p-1. The molecule has 0 aliphatic carbocycles. The summed E-state index contributed by atoms with van der Waals surface area (Å²) >= 11 is 0. The molecule has 0 atom stereocenters. The summed E-state index contributed by atoms with van der Waals surface area (Å²) in [6, 6.07) is 0. The molecule has 10 nitrogen and oxygen atoms in total.